The first kappa shape index (κ1) is 46.9. The van der Waals surface area contributed by atoms with Gasteiger partial charge in [0.15, 0.2) is 0 Å². The van der Waals surface area contributed by atoms with Gasteiger partial charge in [-0.25, -0.2) is 0 Å². The molecule has 0 aliphatic heterocycles. The SMILES string of the molecule is CCCCCCCCC(CCCCCC)OC(=O)CCCCCCCN(CCO)CCCCCCCC(=O)OC1CCC(CCCCC)CC1. The summed E-state index contributed by atoms with van der Waals surface area (Å²) < 4.78 is 11.8. The Morgan fingerprint density at radius 1 is 0.560 bits per heavy atom. The van der Waals surface area contributed by atoms with Crippen molar-refractivity contribution in [2.75, 3.05) is 26.2 Å². The molecule has 1 fully saturated rings. The average Bonchev–Trinajstić information content (AvgIpc) is 3.11. The number of nitrogens with zero attached hydrogens (tertiary/aromatic N) is 1. The molecule has 0 heterocycles. The lowest BCUT2D eigenvalue weighted by molar-refractivity contribution is -0.151. The second-order valence-corrected chi connectivity index (χ2v) is 15.7. The Morgan fingerprint density at radius 3 is 1.58 bits per heavy atom. The fourth-order valence-electron chi connectivity index (χ4n) is 7.67. The van der Waals surface area contributed by atoms with Crippen LogP contribution in [0.5, 0.6) is 0 Å². The molecule has 1 aliphatic carbocycles. The fourth-order valence-corrected chi connectivity index (χ4v) is 7.67. The molecule has 0 spiro atoms. The van der Waals surface area contributed by atoms with Crippen LogP contribution in [0.1, 0.15) is 226 Å². The van der Waals surface area contributed by atoms with E-state index in [0.717, 1.165) is 103 Å². The number of rotatable bonds is 36. The molecule has 0 radical (unpaired) electrons. The lowest BCUT2D eigenvalue weighted by Crippen LogP contribution is -2.29. The molecule has 1 atom stereocenters. The summed E-state index contributed by atoms with van der Waals surface area (Å²) in [4.78, 5) is 27.4. The molecule has 1 rings (SSSR count). The normalized spacial score (nSPS) is 16.9. The highest BCUT2D eigenvalue weighted by atomic mass is 16.5. The summed E-state index contributed by atoms with van der Waals surface area (Å²) in [7, 11) is 0. The summed E-state index contributed by atoms with van der Waals surface area (Å²) in [6.07, 6.45) is 37.0. The van der Waals surface area contributed by atoms with E-state index < -0.39 is 0 Å². The summed E-state index contributed by atoms with van der Waals surface area (Å²) in [6.45, 7) is 9.79. The first-order valence-corrected chi connectivity index (χ1v) is 22.2. The molecule has 1 unspecified atom stereocenters. The van der Waals surface area contributed by atoms with Crippen molar-refractivity contribution in [1.29, 1.82) is 0 Å². The van der Waals surface area contributed by atoms with Gasteiger partial charge in [-0.3, -0.25) is 9.59 Å². The third-order valence-electron chi connectivity index (χ3n) is 11.0. The second kappa shape index (κ2) is 34.9. The van der Waals surface area contributed by atoms with Gasteiger partial charge in [-0.2, -0.15) is 0 Å². The monoisotopic (exact) mass is 708 g/mol. The number of carbonyl (C=O) groups is 2. The Morgan fingerprint density at radius 2 is 1.02 bits per heavy atom. The van der Waals surface area contributed by atoms with Crippen molar-refractivity contribution in [3.63, 3.8) is 0 Å². The van der Waals surface area contributed by atoms with Crippen LogP contribution in [0.4, 0.5) is 0 Å². The lowest BCUT2D eigenvalue weighted by Gasteiger charge is -2.28. The van der Waals surface area contributed by atoms with E-state index in [1.165, 1.54) is 116 Å². The zero-order valence-electron chi connectivity index (χ0n) is 33.7. The quantitative estimate of drug-likeness (QED) is 0.0516. The Hall–Kier alpha value is -1.14. The van der Waals surface area contributed by atoms with Gasteiger partial charge in [0.1, 0.15) is 12.2 Å². The summed E-state index contributed by atoms with van der Waals surface area (Å²) in [5.41, 5.74) is 0. The van der Waals surface area contributed by atoms with Crippen LogP contribution in [-0.2, 0) is 19.1 Å². The number of aliphatic hydroxyl groups is 1. The molecule has 0 aromatic carbocycles. The predicted molar refractivity (Wildman–Crippen MR) is 212 cm³/mol. The summed E-state index contributed by atoms with van der Waals surface area (Å²) in [5.74, 6) is 0.867. The third kappa shape index (κ3) is 28.4. The van der Waals surface area contributed by atoms with Crippen LogP contribution in [0.2, 0.25) is 0 Å². The highest BCUT2D eigenvalue weighted by Crippen LogP contribution is 2.30. The van der Waals surface area contributed by atoms with Crippen LogP contribution in [0.25, 0.3) is 0 Å². The van der Waals surface area contributed by atoms with Gasteiger partial charge in [0, 0.05) is 19.4 Å². The van der Waals surface area contributed by atoms with Crippen LogP contribution < -0.4 is 0 Å². The second-order valence-electron chi connectivity index (χ2n) is 15.7. The first-order valence-electron chi connectivity index (χ1n) is 22.2. The Labute approximate surface area is 311 Å². The predicted octanol–water partition coefficient (Wildman–Crippen LogP) is 12.3. The van der Waals surface area contributed by atoms with E-state index >= 15 is 0 Å². The van der Waals surface area contributed by atoms with Crippen molar-refractivity contribution >= 4 is 11.9 Å². The molecule has 0 aromatic rings. The first-order chi connectivity index (χ1) is 24.5. The fraction of sp³-hybridized carbons (Fsp3) is 0.955. The number of esters is 2. The maximum absolute atomic E-state index is 12.6. The maximum Gasteiger partial charge on any atom is 0.306 e. The van der Waals surface area contributed by atoms with Crippen LogP contribution in [0, 0.1) is 5.92 Å². The van der Waals surface area contributed by atoms with Gasteiger partial charge in [0.2, 0.25) is 0 Å². The van der Waals surface area contributed by atoms with E-state index in [-0.39, 0.29) is 30.8 Å². The van der Waals surface area contributed by atoms with Crippen molar-refractivity contribution in [2.24, 2.45) is 5.92 Å². The number of hydrogen-bond acceptors (Lipinski definition) is 6. The van der Waals surface area contributed by atoms with E-state index in [1.807, 2.05) is 0 Å². The molecule has 296 valence electrons. The van der Waals surface area contributed by atoms with Crippen LogP contribution in [-0.4, -0.2) is 60.4 Å². The minimum absolute atomic E-state index is 0.00842. The van der Waals surface area contributed by atoms with Gasteiger partial charge in [0.25, 0.3) is 0 Å². The van der Waals surface area contributed by atoms with Crippen molar-refractivity contribution < 1.29 is 24.2 Å². The number of hydrogen-bond donors (Lipinski definition) is 1. The highest BCUT2D eigenvalue weighted by Gasteiger charge is 2.23. The van der Waals surface area contributed by atoms with Crippen molar-refractivity contribution in [3.05, 3.63) is 0 Å². The van der Waals surface area contributed by atoms with Gasteiger partial charge in [-0.05, 0) is 96.1 Å². The van der Waals surface area contributed by atoms with E-state index in [9.17, 15) is 14.7 Å². The smallest absolute Gasteiger partial charge is 0.306 e. The summed E-state index contributed by atoms with van der Waals surface area (Å²) in [6, 6.07) is 0. The van der Waals surface area contributed by atoms with Gasteiger partial charge in [0.05, 0.1) is 6.61 Å². The molecule has 0 saturated heterocycles. The molecule has 50 heavy (non-hydrogen) atoms. The standard InChI is InChI=1S/C44H85NO5/c1-4-7-10-12-15-22-29-41(28-21-11-8-5-2)49-43(47)30-23-16-13-18-25-36-45(38-39-46)37-26-19-14-17-24-31-44(48)50-42-34-32-40(33-35-42)27-20-9-6-3/h40-42,46H,4-39H2,1-3H3. The Bertz CT molecular complexity index is 753. The Balaban J connectivity index is 2.07. The zero-order chi connectivity index (χ0) is 36.3. The minimum atomic E-state index is 0.00842. The molecular weight excluding hydrogens is 622 g/mol. The lowest BCUT2D eigenvalue weighted by atomic mass is 9.84. The van der Waals surface area contributed by atoms with Gasteiger partial charge >= 0.3 is 11.9 Å². The van der Waals surface area contributed by atoms with E-state index in [2.05, 4.69) is 25.7 Å². The number of unbranched alkanes of at least 4 members (excludes halogenated alkanes) is 18. The van der Waals surface area contributed by atoms with Gasteiger partial charge < -0.3 is 19.5 Å². The summed E-state index contributed by atoms with van der Waals surface area (Å²) >= 11 is 0. The number of carbonyl (C=O) groups excluding carboxylic acids is 2. The molecule has 0 amide bonds. The zero-order valence-corrected chi connectivity index (χ0v) is 33.7. The number of aliphatic hydroxyl groups excluding tert-OH is 1. The van der Waals surface area contributed by atoms with E-state index in [4.69, 9.17) is 9.47 Å². The van der Waals surface area contributed by atoms with E-state index in [0.29, 0.717) is 12.8 Å². The topological polar surface area (TPSA) is 76.1 Å². The number of ether oxygens (including phenoxy) is 2. The molecule has 0 aromatic heterocycles. The van der Waals surface area contributed by atoms with Crippen molar-refractivity contribution in [1.82, 2.24) is 4.90 Å². The van der Waals surface area contributed by atoms with E-state index in [1.54, 1.807) is 0 Å². The van der Waals surface area contributed by atoms with Crippen molar-refractivity contribution in [2.45, 2.75) is 238 Å². The third-order valence-corrected chi connectivity index (χ3v) is 11.0. The van der Waals surface area contributed by atoms with Gasteiger partial charge in [-0.15, -0.1) is 0 Å². The minimum Gasteiger partial charge on any atom is -0.462 e. The van der Waals surface area contributed by atoms with Crippen molar-refractivity contribution in [3.8, 4) is 0 Å². The van der Waals surface area contributed by atoms with Crippen LogP contribution in [0.15, 0.2) is 0 Å². The molecular formula is C44H85NO5. The molecule has 1 saturated carbocycles. The highest BCUT2D eigenvalue weighted by molar-refractivity contribution is 5.69. The average molecular weight is 708 g/mol. The molecule has 1 N–H and O–H groups in total. The van der Waals surface area contributed by atoms with Crippen LogP contribution >= 0.6 is 0 Å². The largest absolute Gasteiger partial charge is 0.462 e. The molecule has 0 bridgehead atoms. The molecule has 1 aliphatic rings. The summed E-state index contributed by atoms with van der Waals surface area (Å²) in [5, 5.41) is 9.56. The molecule has 6 heteroatoms. The van der Waals surface area contributed by atoms with Crippen LogP contribution in [0.3, 0.4) is 0 Å². The van der Waals surface area contributed by atoms with Gasteiger partial charge in [-0.1, -0.05) is 136 Å². The maximum atomic E-state index is 12.6. The molecule has 6 nitrogen and oxygen atoms in total. The Kier molecular flexibility index (Phi) is 32.7.